The van der Waals surface area contributed by atoms with E-state index in [0.717, 1.165) is 43.3 Å². The zero-order valence-corrected chi connectivity index (χ0v) is 16.5. The predicted octanol–water partition coefficient (Wildman–Crippen LogP) is 5.43. The van der Waals surface area contributed by atoms with Crippen LogP contribution >= 0.6 is 11.6 Å². The largest absolute Gasteiger partial charge is 0.416 e. The number of pyridine rings is 1. The van der Waals surface area contributed by atoms with E-state index in [0.29, 0.717) is 19.4 Å². The fraction of sp³-hybridized carbons (Fsp3) is 0.400. The molecule has 1 fully saturated rings. The Hall–Kier alpha value is -2.42. The Morgan fingerprint density at radius 2 is 1.83 bits per heavy atom. The molecule has 30 heavy (non-hydrogen) atoms. The molecule has 0 bridgehead atoms. The maximum absolute atomic E-state index is 13.6. The quantitative estimate of drug-likeness (QED) is 0.601. The lowest BCUT2D eigenvalue weighted by atomic mass is 9.86. The van der Waals surface area contributed by atoms with Gasteiger partial charge in [0.25, 0.3) is 5.91 Å². The van der Waals surface area contributed by atoms with Gasteiger partial charge in [-0.3, -0.25) is 4.79 Å². The minimum atomic E-state index is -4.57. The lowest BCUT2D eigenvalue weighted by Crippen LogP contribution is -2.38. The zero-order valence-electron chi connectivity index (χ0n) is 15.7. The number of amides is 1. The third-order valence-electron chi connectivity index (χ3n) is 5.09. The summed E-state index contributed by atoms with van der Waals surface area (Å²) in [7, 11) is 0. The van der Waals surface area contributed by atoms with Gasteiger partial charge < -0.3 is 10.6 Å². The Morgan fingerprint density at radius 3 is 2.47 bits per heavy atom. The van der Waals surface area contributed by atoms with Gasteiger partial charge in [0.15, 0.2) is 11.6 Å². The first kappa shape index (κ1) is 22.3. The number of rotatable bonds is 5. The molecule has 1 aliphatic rings. The first-order valence-corrected chi connectivity index (χ1v) is 9.74. The molecule has 0 unspecified atom stereocenters. The normalized spacial score (nSPS) is 19.4. The van der Waals surface area contributed by atoms with Crippen LogP contribution in [0.15, 0.2) is 30.5 Å². The minimum absolute atomic E-state index is 0.0222. The Morgan fingerprint density at radius 1 is 1.13 bits per heavy atom. The molecule has 0 spiro atoms. The van der Waals surface area contributed by atoms with Crippen LogP contribution in [0.1, 0.15) is 41.6 Å². The number of nitrogens with zero attached hydrogens (tertiary/aromatic N) is 1. The summed E-state index contributed by atoms with van der Waals surface area (Å²) in [6.45, 7) is 0.440. The van der Waals surface area contributed by atoms with Gasteiger partial charge >= 0.3 is 6.18 Å². The number of anilines is 1. The number of carbonyl (C=O) groups is 1. The highest BCUT2D eigenvalue weighted by Gasteiger charge is 2.32. The molecule has 2 aromatic rings. The number of aromatic nitrogens is 1. The fourth-order valence-corrected chi connectivity index (χ4v) is 3.64. The smallest absolute Gasteiger partial charge is 0.367 e. The Bertz CT molecular complexity index is 914. The summed E-state index contributed by atoms with van der Waals surface area (Å²) in [5.41, 5.74) is -1.15. The van der Waals surface area contributed by atoms with E-state index in [-0.39, 0.29) is 28.4 Å². The molecule has 162 valence electrons. The maximum Gasteiger partial charge on any atom is 0.416 e. The van der Waals surface area contributed by atoms with Crippen LogP contribution < -0.4 is 10.6 Å². The van der Waals surface area contributed by atoms with Gasteiger partial charge in [0.05, 0.1) is 22.3 Å². The number of nitrogens with one attached hydrogen (secondary N) is 2. The molecular formula is C20H19ClF5N3O. The lowest BCUT2D eigenvalue weighted by Gasteiger charge is -2.29. The van der Waals surface area contributed by atoms with Crippen molar-refractivity contribution in [2.45, 2.75) is 37.9 Å². The lowest BCUT2D eigenvalue weighted by molar-refractivity contribution is -0.137. The standard InChI is InChI=1S/C20H19ClF5N3O/c21-16-6-3-12(20(24,25)26)7-15(16)19(30)29-14-4-1-11(2-5-14)9-27-18-17(23)8-13(22)10-28-18/h3,6-8,10-11,14H,1-2,4-5,9H2,(H,27,28)(H,29,30)/t11-,14-. The molecule has 1 aromatic carbocycles. The van der Waals surface area contributed by atoms with Crippen LogP contribution in [-0.4, -0.2) is 23.5 Å². The molecule has 0 aliphatic heterocycles. The van der Waals surface area contributed by atoms with Crippen molar-refractivity contribution in [3.05, 3.63) is 58.2 Å². The molecule has 0 saturated heterocycles. The van der Waals surface area contributed by atoms with Crippen molar-refractivity contribution >= 4 is 23.3 Å². The summed E-state index contributed by atoms with van der Waals surface area (Å²) in [4.78, 5) is 16.1. The van der Waals surface area contributed by atoms with Crippen molar-refractivity contribution in [1.82, 2.24) is 10.3 Å². The summed E-state index contributed by atoms with van der Waals surface area (Å²) >= 11 is 5.91. The Labute approximate surface area is 174 Å². The second-order valence-electron chi connectivity index (χ2n) is 7.25. The summed E-state index contributed by atoms with van der Waals surface area (Å²) < 4.78 is 65.1. The van der Waals surface area contributed by atoms with Gasteiger partial charge in [-0.15, -0.1) is 0 Å². The van der Waals surface area contributed by atoms with Gasteiger partial charge in [-0.25, -0.2) is 13.8 Å². The molecule has 2 N–H and O–H groups in total. The van der Waals surface area contributed by atoms with Crippen molar-refractivity contribution < 1.29 is 26.7 Å². The van der Waals surface area contributed by atoms with Crippen LogP contribution in [0.5, 0.6) is 0 Å². The van der Waals surface area contributed by atoms with E-state index >= 15 is 0 Å². The van der Waals surface area contributed by atoms with Crippen LogP contribution in [0.2, 0.25) is 5.02 Å². The SMILES string of the molecule is O=C(N[C@H]1CC[C@H](CNc2ncc(F)cc2F)CC1)c1cc(C(F)(F)F)ccc1Cl. The molecular weight excluding hydrogens is 429 g/mol. The van der Waals surface area contributed by atoms with Gasteiger partial charge in [-0.2, -0.15) is 13.2 Å². The first-order valence-electron chi connectivity index (χ1n) is 9.36. The van der Waals surface area contributed by atoms with Gasteiger partial charge in [0.1, 0.15) is 5.82 Å². The van der Waals surface area contributed by atoms with Crippen LogP contribution in [0.3, 0.4) is 0 Å². The molecule has 10 heteroatoms. The van der Waals surface area contributed by atoms with E-state index in [1.165, 1.54) is 0 Å². The molecule has 1 heterocycles. The van der Waals surface area contributed by atoms with E-state index in [2.05, 4.69) is 15.6 Å². The van der Waals surface area contributed by atoms with Gasteiger partial charge in [-0.1, -0.05) is 11.6 Å². The van der Waals surface area contributed by atoms with Crippen molar-refractivity contribution in [2.24, 2.45) is 5.92 Å². The van der Waals surface area contributed by atoms with E-state index in [1.807, 2.05) is 0 Å². The number of hydrogen-bond acceptors (Lipinski definition) is 3. The first-order chi connectivity index (χ1) is 14.1. The third-order valence-corrected chi connectivity index (χ3v) is 5.42. The van der Waals surface area contributed by atoms with E-state index in [4.69, 9.17) is 11.6 Å². The van der Waals surface area contributed by atoms with Crippen molar-refractivity contribution in [3.63, 3.8) is 0 Å². The fourth-order valence-electron chi connectivity index (χ4n) is 3.44. The van der Waals surface area contributed by atoms with Gasteiger partial charge in [0.2, 0.25) is 0 Å². The molecule has 0 radical (unpaired) electrons. The number of benzene rings is 1. The summed E-state index contributed by atoms with van der Waals surface area (Å²) in [6, 6.07) is 3.19. The third kappa shape index (κ3) is 5.59. The predicted molar refractivity (Wildman–Crippen MR) is 102 cm³/mol. The van der Waals surface area contributed by atoms with Crippen LogP contribution in [0, 0.1) is 17.6 Å². The van der Waals surface area contributed by atoms with E-state index in [9.17, 15) is 26.7 Å². The highest BCUT2D eigenvalue weighted by molar-refractivity contribution is 6.33. The van der Waals surface area contributed by atoms with Crippen molar-refractivity contribution in [1.29, 1.82) is 0 Å². The highest BCUT2D eigenvalue weighted by atomic mass is 35.5. The van der Waals surface area contributed by atoms with Crippen LogP contribution in [-0.2, 0) is 6.18 Å². The molecule has 1 aromatic heterocycles. The molecule has 1 saturated carbocycles. The van der Waals surface area contributed by atoms with Crippen LogP contribution in [0.4, 0.5) is 27.8 Å². The molecule has 1 amide bonds. The number of halogens is 6. The Balaban J connectivity index is 1.51. The van der Waals surface area contributed by atoms with Crippen molar-refractivity contribution in [3.8, 4) is 0 Å². The number of alkyl halides is 3. The second kappa shape index (κ2) is 9.16. The molecule has 0 atom stereocenters. The highest BCUT2D eigenvalue weighted by Crippen LogP contribution is 2.32. The van der Waals surface area contributed by atoms with E-state index < -0.39 is 29.3 Å². The summed E-state index contributed by atoms with van der Waals surface area (Å²) in [5.74, 6) is -2.00. The molecule has 1 aliphatic carbocycles. The van der Waals surface area contributed by atoms with Gasteiger partial charge in [0, 0.05) is 18.7 Å². The maximum atomic E-state index is 13.6. The summed E-state index contributed by atoms with van der Waals surface area (Å²) in [5, 5.41) is 5.55. The minimum Gasteiger partial charge on any atom is -0.367 e. The van der Waals surface area contributed by atoms with Crippen molar-refractivity contribution in [2.75, 3.05) is 11.9 Å². The molecule has 3 rings (SSSR count). The average Bonchev–Trinajstić information content (AvgIpc) is 2.68. The second-order valence-corrected chi connectivity index (χ2v) is 7.66. The monoisotopic (exact) mass is 447 g/mol. The summed E-state index contributed by atoms with van der Waals surface area (Å²) in [6.07, 6.45) is -0.962. The average molecular weight is 448 g/mol. The zero-order chi connectivity index (χ0) is 21.9. The molecule has 4 nitrogen and oxygen atoms in total. The van der Waals surface area contributed by atoms with Gasteiger partial charge in [-0.05, 0) is 49.8 Å². The topological polar surface area (TPSA) is 54.0 Å². The number of carbonyl (C=O) groups excluding carboxylic acids is 1. The number of hydrogen-bond donors (Lipinski definition) is 2. The van der Waals surface area contributed by atoms with E-state index in [1.54, 1.807) is 0 Å². The van der Waals surface area contributed by atoms with Crippen LogP contribution in [0.25, 0.3) is 0 Å². The Kier molecular flexibility index (Phi) is 6.80.